The summed E-state index contributed by atoms with van der Waals surface area (Å²) in [5.74, 6) is 0. The van der Waals surface area contributed by atoms with Crippen molar-refractivity contribution in [3.63, 3.8) is 0 Å². The summed E-state index contributed by atoms with van der Waals surface area (Å²) in [5, 5.41) is 0. The van der Waals surface area contributed by atoms with Crippen LogP contribution in [0.2, 0.25) is 0 Å². The molecule has 2 nitrogen and oxygen atoms in total. The third kappa shape index (κ3) is 1.95. The van der Waals surface area contributed by atoms with Gasteiger partial charge in [-0.2, -0.15) is 0 Å². The standard InChI is InChI=1S/C12H18N2/c1-2-12(14-9-3-4-10-14)11-5-7-13-8-6-11/h5-8,12H,2-4,9-10H2,1H3. The van der Waals surface area contributed by atoms with Crippen molar-refractivity contribution in [1.82, 2.24) is 9.88 Å². The van der Waals surface area contributed by atoms with E-state index >= 15 is 0 Å². The van der Waals surface area contributed by atoms with Gasteiger partial charge in [0, 0.05) is 18.4 Å². The molecule has 0 bridgehead atoms. The molecule has 1 aromatic heterocycles. The van der Waals surface area contributed by atoms with Gasteiger partial charge in [-0.3, -0.25) is 9.88 Å². The zero-order valence-electron chi connectivity index (χ0n) is 8.82. The van der Waals surface area contributed by atoms with Crippen molar-refractivity contribution in [3.05, 3.63) is 30.1 Å². The normalized spacial score (nSPS) is 19.8. The zero-order chi connectivity index (χ0) is 9.80. The highest BCUT2D eigenvalue weighted by molar-refractivity contribution is 5.15. The fraction of sp³-hybridized carbons (Fsp3) is 0.583. The fourth-order valence-electron chi connectivity index (χ4n) is 2.34. The van der Waals surface area contributed by atoms with Crippen LogP contribution in [0, 0.1) is 0 Å². The summed E-state index contributed by atoms with van der Waals surface area (Å²) in [6.45, 7) is 4.80. The molecule has 0 aromatic carbocycles. The number of hydrogen-bond donors (Lipinski definition) is 0. The Hall–Kier alpha value is -0.890. The lowest BCUT2D eigenvalue weighted by molar-refractivity contribution is 0.239. The van der Waals surface area contributed by atoms with E-state index in [9.17, 15) is 0 Å². The van der Waals surface area contributed by atoms with Crippen LogP contribution in [0.4, 0.5) is 0 Å². The summed E-state index contributed by atoms with van der Waals surface area (Å²) in [6.07, 6.45) is 7.72. The highest BCUT2D eigenvalue weighted by atomic mass is 15.2. The molecule has 0 saturated carbocycles. The molecule has 0 spiro atoms. The topological polar surface area (TPSA) is 16.1 Å². The Morgan fingerprint density at radius 1 is 1.29 bits per heavy atom. The highest BCUT2D eigenvalue weighted by Crippen LogP contribution is 2.26. The Balaban J connectivity index is 2.12. The molecular formula is C12H18N2. The average Bonchev–Trinajstić information content (AvgIpc) is 2.74. The predicted molar refractivity (Wildman–Crippen MR) is 58.1 cm³/mol. The second kappa shape index (κ2) is 4.56. The van der Waals surface area contributed by atoms with Crippen molar-refractivity contribution in [2.75, 3.05) is 13.1 Å². The summed E-state index contributed by atoms with van der Waals surface area (Å²) in [6, 6.07) is 4.90. The van der Waals surface area contributed by atoms with E-state index in [2.05, 4.69) is 28.9 Å². The molecular weight excluding hydrogens is 172 g/mol. The lowest BCUT2D eigenvalue weighted by atomic mass is 10.1. The number of likely N-dealkylation sites (tertiary alicyclic amines) is 1. The number of pyridine rings is 1. The maximum atomic E-state index is 4.07. The summed E-state index contributed by atoms with van der Waals surface area (Å²) >= 11 is 0. The Kier molecular flexibility index (Phi) is 3.14. The van der Waals surface area contributed by atoms with Crippen molar-refractivity contribution in [2.24, 2.45) is 0 Å². The molecule has 0 radical (unpaired) electrons. The van der Waals surface area contributed by atoms with Crippen LogP contribution in [0.3, 0.4) is 0 Å². The molecule has 1 atom stereocenters. The molecule has 1 aromatic rings. The van der Waals surface area contributed by atoms with Crippen LogP contribution in [0.1, 0.15) is 37.8 Å². The number of hydrogen-bond acceptors (Lipinski definition) is 2. The lowest BCUT2D eigenvalue weighted by Gasteiger charge is -2.26. The van der Waals surface area contributed by atoms with Crippen molar-refractivity contribution in [2.45, 2.75) is 32.2 Å². The first kappa shape index (κ1) is 9.66. The third-order valence-electron chi connectivity index (χ3n) is 3.06. The third-order valence-corrected chi connectivity index (χ3v) is 3.06. The van der Waals surface area contributed by atoms with Crippen molar-refractivity contribution >= 4 is 0 Å². The highest BCUT2D eigenvalue weighted by Gasteiger charge is 2.21. The average molecular weight is 190 g/mol. The molecule has 2 heterocycles. The van der Waals surface area contributed by atoms with Crippen LogP contribution in [0.15, 0.2) is 24.5 Å². The molecule has 0 N–H and O–H groups in total. The van der Waals surface area contributed by atoms with Gasteiger partial charge in [-0.05, 0) is 50.0 Å². The molecule has 76 valence electrons. The van der Waals surface area contributed by atoms with Gasteiger partial charge in [-0.15, -0.1) is 0 Å². The second-order valence-corrected chi connectivity index (χ2v) is 3.95. The minimum absolute atomic E-state index is 0.612. The van der Waals surface area contributed by atoms with Gasteiger partial charge >= 0.3 is 0 Å². The molecule has 1 aliphatic heterocycles. The molecule has 1 aliphatic rings. The van der Waals surface area contributed by atoms with E-state index in [1.54, 1.807) is 0 Å². The van der Waals surface area contributed by atoms with Crippen molar-refractivity contribution in [1.29, 1.82) is 0 Å². The minimum Gasteiger partial charge on any atom is -0.296 e. The van der Waals surface area contributed by atoms with E-state index in [-0.39, 0.29) is 0 Å². The van der Waals surface area contributed by atoms with E-state index in [1.807, 2.05) is 12.4 Å². The van der Waals surface area contributed by atoms with E-state index in [1.165, 1.54) is 37.9 Å². The van der Waals surface area contributed by atoms with E-state index in [0.29, 0.717) is 6.04 Å². The molecule has 14 heavy (non-hydrogen) atoms. The van der Waals surface area contributed by atoms with Gasteiger partial charge in [0.25, 0.3) is 0 Å². The number of nitrogens with zero attached hydrogens (tertiary/aromatic N) is 2. The summed E-state index contributed by atoms with van der Waals surface area (Å²) in [5.41, 5.74) is 1.42. The van der Waals surface area contributed by atoms with E-state index in [0.717, 1.165) is 0 Å². The van der Waals surface area contributed by atoms with Crippen molar-refractivity contribution < 1.29 is 0 Å². The van der Waals surface area contributed by atoms with Gasteiger partial charge < -0.3 is 0 Å². The molecule has 1 fully saturated rings. The Morgan fingerprint density at radius 2 is 1.93 bits per heavy atom. The molecule has 2 rings (SSSR count). The van der Waals surface area contributed by atoms with Gasteiger partial charge in [0.1, 0.15) is 0 Å². The first-order valence-electron chi connectivity index (χ1n) is 5.56. The van der Waals surface area contributed by atoms with Gasteiger partial charge in [0.15, 0.2) is 0 Å². The Bertz CT molecular complexity index is 265. The molecule has 2 heteroatoms. The maximum Gasteiger partial charge on any atom is 0.0346 e. The number of aromatic nitrogens is 1. The van der Waals surface area contributed by atoms with Crippen LogP contribution in [-0.2, 0) is 0 Å². The molecule has 1 unspecified atom stereocenters. The van der Waals surface area contributed by atoms with Crippen LogP contribution in [0.5, 0.6) is 0 Å². The first-order chi connectivity index (χ1) is 6.92. The van der Waals surface area contributed by atoms with Crippen LogP contribution >= 0.6 is 0 Å². The molecule has 0 aliphatic carbocycles. The SMILES string of the molecule is CCC(c1ccncc1)N1CCCC1. The van der Waals surface area contributed by atoms with Gasteiger partial charge in [-0.1, -0.05) is 6.92 Å². The van der Waals surface area contributed by atoms with Crippen LogP contribution in [0.25, 0.3) is 0 Å². The summed E-state index contributed by atoms with van der Waals surface area (Å²) in [7, 11) is 0. The lowest BCUT2D eigenvalue weighted by Crippen LogP contribution is -2.24. The predicted octanol–water partition coefficient (Wildman–Crippen LogP) is 2.63. The summed E-state index contributed by atoms with van der Waals surface area (Å²) < 4.78 is 0. The minimum atomic E-state index is 0.612. The van der Waals surface area contributed by atoms with Gasteiger partial charge in [-0.25, -0.2) is 0 Å². The van der Waals surface area contributed by atoms with E-state index < -0.39 is 0 Å². The first-order valence-corrected chi connectivity index (χ1v) is 5.56. The zero-order valence-corrected chi connectivity index (χ0v) is 8.82. The Morgan fingerprint density at radius 3 is 2.50 bits per heavy atom. The van der Waals surface area contributed by atoms with Crippen molar-refractivity contribution in [3.8, 4) is 0 Å². The van der Waals surface area contributed by atoms with Crippen LogP contribution in [-0.4, -0.2) is 23.0 Å². The quantitative estimate of drug-likeness (QED) is 0.728. The maximum absolute atomic E-state index is 4.07. The largest absolute Gasteiger partial charge is 0.296 e. The smallest absolute Gasteiger partial charge is 0.0346 e. The van der Waals surface area contributed by atoms with E-state index in [4.69, 9.17) is 0 Å². The number of rotatable bonds is 3. The summed E-state index contributed by atoms with van der Waals surface area (Å²) in [4.78, 5) is 6.66. The molecule has 1 saturated heterocycles. The Labute approximate surface area is 86.0 Å². The second-order valence-electron chi connectivity index (χ2n) is 3.95. The molecule has 0 amide bonds. The fourth-order valence-corrected chi connectivity index (χ4v) is 2.34. The monoisotopic (exact) mass is 190 g/mol. The van der Waals surface area contributed by atoms with Gasteiger partial charge in [0.05, 0.1) is 0 Å². The van der Waals surface area contributed by atoms with Gasteiger partial charge in [0.2, 0.25) is 0 Å². The van der Waals surface area contributed by atoms with Crippen LogP contribution < -0.4 is 0 Å².